The molecule has 0 bridgehead atoms. The quantitative estimate of drug-likeness (QED) is 0.905. The van der Waals surface area contributed by atoms with E-state index in [1.54, 1.807) is 0 Å². The van der Waals surface area contributed by atoms with Gasteiger partial charge < -0.3 is 15.4 Å². The molecule has 1 aromatic heterocycles. The van der Waals surface area contributed by atoms with Crippen LogP contribution in [0.3, 0.4) is 0 Å². The van der Waals surface area contributed by atoms with Crippen molar-refractivity contribution in [3.63, 3.8) is 0 Å². The van der Waals surface area contributed by atoms with Crippen LogP contribution in [-0.2, 0) is 11.4 Å². The van der Waals surface area contributed by atoms with E-state index < -0.39 is 0 Å². The molecule has 1 aliphatic heterocycles. The van der Waals surface area contributed by atoms with E-state index in [0.717, 1.165) is 34.6 Å². The van der Waals surface area contributed by atoms with Gasteiger partial charge in [0.1, 0.15) is 12.4 Å². The molecule has 2 N–H and O–H groups in total. The molecule has 23 heavy (non-hydrogen) atoms. The SMILES string of the molecule is O=C(CNC(=O)c1cc2c(s1)-c1ccccc1OC2)NC1CC1. The van der Waals surface area contributed by atoms with Crippen LogP contribution in [0, 0.1) is 0 Å². The summed E-state index contributed by atoms with van der Waals surface area (Å²) < 4.78 is 5.70. The maximum atomic E-state index is 12.3. The van der Waals surface area contributed by atoms with E-state index in [9.17, 15) is 9.59 Å². The number of fused-ring (bicyclic) bond motifs is 3. The molecule has 4 rings (SSSR count). The Morgan fingerprint density at radius 2 is 2.09 bits per heavy atom. The highest BCUT2D eigenvalue weighted by atomic mass is 32.1. The monoisotopic (exact) mass is 328 g/mol. The first-order chi connectivity index (χ1) is 11.2. The predicted octanol–water partition coefficient (Wildman–Crippen LogP) is 2.32. The third kappa shape index (κ3) is 2.94. The molecule has 1 aliphatic carbocycles. The lowest BCUT2D eigenvalue weighted by atomic mass is 10.1. The summed E-state index contributed by atoms with van der Waals surface area (Å²) in [6, 6.07) is 9.98. The highest BCUT2D eigenvalue weighted by Crippen LogP contribution is 2.42. The van der Waals surface area contributed by atoms with Crippen LogP contribution in [0.1, 0.15) is 28.1 Å². The lowest BCUT2D eigenvalue weighted by molar-refractivity contribution is -0.120. The van der Waals surface area contributed by atoms with Gasteiger partial charge in [-0.1, -0.05) is 12.1 Å². The predicted molar refractivity (Wildman–Crippen MR) is 87.6 cm³/mol. The Labute approximate surface area is 137 Å². The van der Waals surface area contributed by atoms with Crippen molar-refractivity contribution in [1.82, 2.24) is 10.6 Å². The van der Waals surface area contributed by atoms with Crippen LogP contribution in [0.25, 0.3) is 10.4 Å². The minimum atomic E-state index is -0.215. The van der Waals surface area contributed by atoms with E-state index in [1.807, 2.05) is 30.3 Å². The molecule has 5 nitrogen and oxygen atoms in total. The second-order valence-corrected chi connectivity index (χ2v) is 6.83. The van der Waals surface area contributed by atoms with E-state index in [0.29, 0.717) is 17.5 Å². The summed E-state index contributed by atoms with van der Waals surface area (Å²) in [6.07, 6.45) is 2.08. The van der Waals surface area contributed by atoms with Crippen molar-refractivity contribution < 1.29 is 14.3 Å². The van der Waals surface area contributed by atoms with E-state index in [1.165, 1.54) is 11.3 Å². The van der Waals surface area contributed by atoms with Gasteiger partial charge in [-0.15, -0.1) is 11.3 Å². The molecule has 1 aromatic carbocycles. The number of rotatable bonds is 4. The van der Waals surface area contributed by atoms with Crippen molar-refractivity contribution in [3.05, 3.63) is 40.8 Å². The van der Waals surface area contributed by atoms with Crippen molar-refractivity contribution in [1.29, 1.82) is 0 Å². The summed E-state index contributed by atoms with van der Waals surface area (Å²) in [4.78, 5) is 25.6. The van der Waals surface area contributed by atoms with Gasteiger partial charge in [-0.05, 0) is 31.0 Å². The number of thiophene rings is 1. The van der Waals surface area contributed by atoms with Crippen LogP contribution in [-0.4, -0.2) is 24.4 Å². The number of hydrogen-bond acceptors (Lipinski definition) is 4. The number of nitrogens with one attached hydrogen (secondary N) is 2. The summed E-state index contributed by atoms with van der Waals surface area (Å²) in [7, 11) is 0. The van der Waals surface area contributed by atoms with E-state index in [-0.39, 0.29) is 18.4 Å². The Morgan fingerprint density at radius 1 is 1.26 bits per heavy atom. The van der Waals surface area contributed by atoms with Crippen molar-refractivity contribution >= 4 is 23.2 Å². The topological polar surface area (TPSA) is 67.4 Å². The Bertz CT molecular complexity index is 780. The minimum absolute atomic E-state index is 0.0188. The van der Waals surface area contributed by atoms with Crippen LogP contribution < -0.4 is 15.4 Å². The normalized spacial score (nSPS) is 15.1. The summed E-state index contributed by atoms with van der Waals surface area (Å²) >= 11 is 1.44. The number of para-hydroxylation sites is 1. The smallest absolute Gasteiger partial charge is 0.261 e. The van der Waals surface area contributed by atoms with Crippen molar-refractivity contribution in [2.75, 3.05) is 6.54 Å². The van der Waals surface area contributed by atoms with Crippen LogP contribution in [0.15, 0.2) is 30.3 Å². The lowest BCUT2D eigenvalue weighted by Crippen LogP contribution is -2.37. The molecule has 2 heterocycles. The second-order valence-electron chi connectivity index (χ2n) is 5.77. The van der Waals surface area contributed by atoms with Crippen molar-refractivity contribution in [2.24, 2.45) is 0 Å². The number of carbonyl (C=O) groups excluding carboxylic acids is 2. The van der Waals surface area contributed by atoms with E-state index in [2.05, 4.69) is 10.6 Å². The fourth-order valence-electron chi connectivity index (χ4n) is 2.57. The highest BCUT2D eigenvalue weighted by Gasteiger charge is 2.24. The maximum Gasteiger partial charge on any atom is 0.261 e. The maximum absolute atomic E-state index is 12.3. The van der Waals surface area contributed by atoms with Gasteiger partial charge in [-0.3, -0.25) is 9.59 Å². The van der Waals surface area contributed by atoms with Crippen LogP contribution in [0.5, 0.6) is 5.75 Å². The first-order valence-corrected chi connectivity index (χ1v) is 8.45. The Hall–Kier alpha value is -2.34. The van der Waals surface area contributed by atoms with Gasteiger partial charge in [-0.25, -0.2) is 0 Å². The summed E-state index contributed by atoms with van der Waals surface area (Å²) in [5.74, 6) is 0.501. The number of amides is 2. The van der Waals surface area contributed by atoms with Gasteiger partial charge in [0.05, 0.1) is 11.4 Å². The van der Waals surface area contributed by atoms with Crippen LogP contribution in [0.4, 0.5) is 0 Å². The first kappa shape index (κ1) is 14.3. The second kappa shape index (κ2) is 5.70. The molecule has 118 valence electrons. The molecule has 2 aromatic rings. The molecule has 1 saturated carbocycles. The number of benzene rings is 1. The van der Waals surface area contributed by atoms with E-state index in [4.69, 9.17) is 4.74 Å². The Kier molecular flexibility index (Phi) is 3.53. The minimum Gasteiger partial charge on any atom is -0.488 e. The van der Waals surface area contributed by atoms with Gasteiger partial charge in [0.15, 0.2) is 0 Å². The average Bonchev–Trinajstić information content (AvgIpc) is 3.26. The molecule has 2 amide bonds. The zero-order chi connectivity index (χ0) is 15.8. The van der Waals surface area contributed by atoms with Crippen molar-refractivity contribution in [3.8, 4) is 16.2 Å². The van der Waals surface area contributed by atoms with E-state index >= 15 is 0 Å². The standard InChI is InChI=1S/C17H16N2O3S/c20-15(19-11-5-6-11)8-18-17(21)14-7-10-9-22-13-4-2-1-3-12(13)16(10)23-14/h1-4,7,11H,5-6,8-9H2,(H,18,21)(H,19,20). The van der Waals surface area contributed by atoms with Crippen molar-refractivity contribution in [2.45, 2.75) is 25.5 Å². The molecule has 0 atom stereocenters. The number of ether oxygens (including phenoxy) is 1. The molecule has 0 saturated heterocycles. The number of hydrogen-bond donors (Lipinski definition) is 2. The van der Waals surface area contributed by atoms with Gasteiger partial charge in [0.25, 0.3) is 5.91 Å². The molecule has 2 aliphatic rings. The highest BCUT2D eigenvalue weighted by molar-refractivity contribution is 7.17. The molecule has 1 fully saturated rings. The zero-order valence-electron chi connectivity index (χ0n) is 12.4. The average molecular weight is 328 g/mol. The summed E-state index contributed by atoms with van der Waals surface area (Å²) in [6.45, 7) is 0.489. The van der Waals surface area contributed by atoms with Crippen LogP contribution >= 0.6 is 11.3 Å². The largest absolute Gasteiger partial charge is 0.488 e. The molecule has 6 heteroatoms. The molecular weight excluding hydrogens is 312 g/mol. The fourth-order valence-corrected chi connectivity index (χ4v) is 3.68. The fraction of sp³-hybridized carbons (Fsp3) is 0.294. The first-order valence-electron chi connectivity index (χ1n) is 7.63. The molecule has 0 unspecified atom stereocenters. The third-order valence-electron chi connectivity index (χ3n) is 3.90. The van der Waals surface area contributed by atoms with Gasteiger partial charge in [0.2, 0.25) is 5.91 Å². The van der Waals surface area contributed by atoms with Gasteiger partial charge in [-0.2, -0.15) is 0 Å². The van der Waals surface area contributed by atoms with Crippen LogP contribution in [0.2, 0.25) is 0 Å². The summed E-state index contributed by atoms with van der Waals surface area (Å²) in [5, 5.41) is 5.54. The summed E-state index contributed by atoms with van der Waals surface area (Å²) in [5.41, 5.74) is 2.03. The molecule has 0 spiro atoms. The Morgan fingerprint density at radius 3 is 2.91 bits per heavy atom. The molecular formula is C17H16N2O3S. The Balaban J connectivity index is 1.47. The third-order valence-corrected chi connectivity index (χ3v) is 5.11. The van der Waals surface area contributed by atoms with Gasteiger partial charge in [0, 0.05) is 22.0 Å². The number of carbonyl (C=O) groups is 2. The zero-order valence-corrected chi connectivity index (χ0v) is 13.2. The van der Waals surface area contributed by atoms with Gasteiger partial charge >= 0.3 is 0 Å². The lowest BCUT2D eigenvalue weighted by Gasteiger charge is -2.16. The molecule has 0 radical (unpaired) electrons.